The summed E-state index contributed by atoms with van der Waals surface area (Å²) in [6.45, 7) is 3.88. The van der Waals surface area contributed by atoms with Crippen LogP contribution in [-0.4, -0.2) is 46.0 Å². The zero-order valence-electron chi connectivity index (χ0n) is 18.1. The van der Waals surface area contributed by atoms with Crippen LogP contribution in [0.5, 0.6) is 0 Å². The van der Waals surface area contributed by atoms with E-state index < -0.39 is 0 Å². The van der Waals surface area contributed by atoms with Crippen molar-refractivity contribution < 1.29 is 9.21 Å². The van der Waals surface area contributed by atoms with Crippen LogP contribution < -0.4 is 0 Å². The van der Waals surface area contributed by atoms with Gasteiger partial charge in [-0.15, -0.1) is 10.2 Å². The summed E-state index contributed by atoms with van der Waals surface area (Å²) in [7, 11) is 0. The van der Waals surface area contributed by atoms with Gasteiger partial charge in [0.05, 0.1) is 12.0 Å². The summed E-state index contributed by atoms with van der Waals surface area (Å²) in [6.07, 6.45) is 8.93. The molecule has 32 heavy (non-hydrogen) atoms. The van der Waals surface area contributed by atoms with E-state index in [4.69, 9.17) is 4.42 Å². The van der Waals surface area contributed by atoms with E-state index in [1.54, 1.807) is 6.26 Å². The number of rotatable bonds is 7. The number of carbonyl (C=O) groups is 1. The predicted molar refractivity (Wildman–Crippen MR) is 120 cm³/mol. The van der Waals surface area contributed by atoms with Crippen molar-refractivity contribution in [1.29, 1.82) is 0 Å². The summed E-state index contributed by atoms with van der Waals surface area (Å²) >= 11 is 1.44. The molecule has 5 rings (SSSR count). The maximum absolute atomic E-state index is 13.1. The topological polar surface area (TPSA) is 107 Å². The molecular weight excluding hydrogens is 426 g/mol. The molecular formula is C22H25N7O2S. The number of thioether (sulfide) groups is 1. The number of furan rings is 1. The van der Waals surface area contributed by atoms with Gasteiger partial charge in [-0.25, -0.2) is 5.10 Å². The number of aromatic amines is 1. The van der Waals surface area contributed by atoms with Crippen LogP contribution in [0.1, 0.15) is 59.9 Å². The molecule has 10 heteroatoms. The first-order valence-corrected chi connectivity index (χ1v) is 11.8. The maximum Gasteiger partial charge on any atom is 0.229 e. The first kappa shape index (κ1) is 20.7. The lowest BCUT2D eigenvalue weighted by Crippen LogP contribution is -2.15. The number of nitrogens with one attached hydrogen (secondary N) is 1. The smallest absolute Gasteiger partial charge is 0.229 e. The van der Waals surface area contributed by atoms with Gasteiger partial charge in [0.15, 0.2) is 16.7 Å². The van der Waals surface area contributed by atoms with Gasteiger partial charge in [0, 0.05) is 23.0 Å². The minimum absolute atomic E-state index is 0.0478. The van der Waals surface area contributed by atoms with E-state index in [2.05, 4.69) is 29.9 Å². The molecule has 1 saturated carbocycles. The third-order valence-corrected chi connectivity index (χ3v) is 6.97. The van der Waals surface area contributed by atoms with E-state index in [0.29, 0.717) is 23.3 Å². The minimum Gasteiger partial charge on any atom is -0.461 e. The van der Waals surface area contributed by atoms with Crippen LogP contribution in [0.15, 0.2) is 40.4 Å². The summed E-state index contributed by atoms with van der Waals surface area (Å²) in [6, 6.07) is 5.99. The second-order valence-corrected chi connectivity index (χ2v) is 9.03. The molecule has 0 saturated heterocycles. The summed E-state index contributed by atoms with van der Waals surface area (Å²) in [5.74, 6) is 2.37. The Kier molecular flexibility index (Phi) is 5.69. The van der Waals surface area contributed by atoms with Crippen molar-refractivity contribution in [3.8, 4) is 17.5 Å². The van der Waals surface area contributed by atoms with Gasteiger partial charge in [0.25, 0.3) is 0 Å². The fourth-order valence-corrected chi connectivity index (χ4v) is 5.39. The Balaban J connectivity index is 1.39. The van der Waals surface area contributed by atoms with Crippen LogP contribution in [0.25, 0.3) is 17.5 Å². The summed E-state index contributed by atoms with van der Waals surface area (Å²) in [5, 5.41) is 16.4. The molecule has 4 heterocycles. The number of aryl methyl sites for hydroxylation is 1. The Hall–Kier alpha value is -3.14. The van der Waals surface area contributed by atoms with Gasteiger partial charge in [-0.2, -0.15) is 10.1 Å². The van der Waals surface area contributed by atoms with Crippen molar-refractivity contribution >= 4 is 17.5 Å². The maximum atomic E-state index is 13.1. The van der Waals surface area contributed by atoms with Gasteiger partial charge < -0.3 is 4.42 Å². The number of aromatic nitrogens is 7. The normalized spacial score (nSPS) is 14.8. The van der Waals surface area contributed by atoms with Gasteiger partial charge in [-0.05, 0) is 44.9 Å². The van der Waals surface area contributed by atoms with Crippen molar-refractivity contribution in [2.45, 2.75) is 57.1 Å². The average molecular weight is 452 g/mol. The largest absolute Gasteiger partial charge is 0.461 e. The highest BCUT2D eigenvalue weighted by Crippen LogP contribution is 2.36. The Bertz CT molecular complexity index is 1200. The Labute approximate surface area is 189 Å². The number of H-pyrrole nitrogens is 1. The Morgan fingerprint density at radius 3 is 2.81 bits per heavy atom. The zero-order valence-corrected chi connectivity index (χ0v) is 18.9. The second kappa shape index (κ2) is 8.78. The van der Waals surface area contributed by atoms with Gasteiger partial charge in [0.2, 0.25) is 11.8 Å². The molecule has 9 nitrogen and oxygen atoms in total. The quantitative estimate of drug-likeness (QED) is 0.324. The van der Waals surface area contributed by atoms with E-state index in [9.17, 15) is 4.79 Å². The number of carbonyl (C=O) groups excluding carboxylic acids is 1. The third-order valence-electron chi connectivity index (χ3n) is 6.02. The Morgan fingerprint density at radius 1 is 1.25 bits per heavy atom. The molecule has 4 aromatic heterocycles. The van der Waals surface area contributed by atoms with Crippen LogP contribution in [-0.2, 0) is 0 Å². The average Bonchev–Trinajstić information content (AvgIpc) is 3.59. The molecule has 0 aliphatic heterocycles. The summed E-state index contributed by atoms with van der Waals surface area (Å²) in [5.41, 5.74) is 2.45. The van der Waals surface area contributed by atoms with Crippen LogP contribution in [0, 0.1) is 13.8 Å². The highest BCUT2D eigenvalue weighted by molar-refractivity contribution is 7.99. The molecule has 1 fully saturated rings. The number of hydrogen-bond donors (Lipinski definition) is 1. The second-order valence-electron chi connectivity index (χ2n) is 8.09. The van der Waals surface area contributed by atoms with Crippen LogP contribution in [0.2, 0.25) is 0 Å². The molecule has 0 spiro atoms. The predicted octanol–water partition coefficient (Wildman–Crippen LogP) is 4.54. The van der Waals surface area contributed by atoms with E-state index in [1.807, 2.05) is 36.6 Å². The van der Waals surface area contributed by atoms with Crippen molar-refractivity contribution in [2.75, 3.05) is 5.75 Å². The fourth-order valence-electron chi connectivity index (χ4n) is 4.50. The van der Waals surface area contributed by atoms with E-state index in [0.717, 1.165) is 35.2 Å². The first-order valence-electron chi connectivity index (χ1n) is 10.8. The summed E-state index contributed by atoms with van der Waals surface area (Å²) < 4.78 is 9.69. The zero-order chi connectivity index (χ0) is 22.1. The lowest BCUT2D eigenvalue weighted by molar-refractivity contribution is 0.102. The molecule has 0 atom stereocenters. The van der Waals surface area contributed by atoms with Crippen molar-refractivity contribution in [3.63, 3.8) is 0 Å². The number of hydrogen-bond acceptors (Lipinski definition) is 7. The van der Waals surface area contributed by atoms with E-state index in [-0.39, 0.29) is 11.5 Å². The van der Waals surface area contributed by atoms with Crippen LogP contribution >= 0.6 is 11.8 Å². The molecule has 0 bridgehead atoms. The number of ketones is 1. The molecule has 0 amide bonds. The molecule has 0 unspecified atom stereocenters. The molecule has 0 aromatic carbocycles. The van der Waals surface area contributed by atoms with Crippen LogP contribution in [0.4, 0.5) is 0 Å². The SMILES string of the molecule is Cc1cc(C(=O)CSc2nnc(-c3ccco3)n2C2CCCCC2)c(C)n1-c1ncn[nH]1. The van der Waals surface area contributed by atoms with Gasteiger partial charge >= 0.3 is 0 Å². The molecule has 166 valence electrons. The molecule has 1 N–H and O–H groups in total. The third kappa shape index (κ3) is 3.79. The highest BCUT2D eigenvalue weighted by Gasteiger charge is 2.26. The molecule has 4 aromatic rings. The van der Waals surface area contributed by atoms with E-state index in [1.165, 1.54) is 37.4 Å². The van der Waals surface area contributed by atoms with Crippen molar-refractivity contribution in [2.24, 2.45) is 0 Å². The van der Waals surface area contributed by atoms with Crippen LogP contribution in [0.3, 0.4) is 0 Å². The van der Waals surface area contributed by atoms with Gasteiger partial charge in [-0.1, -0.05) is 31.0 Å². The monoisotopic (exact) mass is 451 g/mol. The number of Topliss-reactive ketones (excluding diaryl/α,β-unsaturated/α-hetero) is 1. The highest BCUT2D eigenvalue weighted by atomic mass is 32.2. The first-order chi connectivity index (χ1) is 15.6. The Morgan fingerprint density at radius 2 is 2.09 bits per heavy atom. The van der Waals surface area contributed by atoms with Crippen molar-refractivity contribution in [3.05, 3.63) is 47.7 Å². The van der Waals surface area contributed by atoms with Gasteiger partial charge in [-0.3, -0.25) is 13.9 Å². The molecule has 1 aliphatic rings. The summed E-state index contributed by atoms with van der Waals surface area (Å²) in [4.78, 5) is 17.4. The van der Waals surface area contributed by atoms with Crippen molar-refractivity contribution in [1.82, 2.24) is 34.5 Å². The molecule has 0 radical (unpaired) electrons. The van der Waals surface area contributed by atoms with E-state index >= 15 is 0 Å². The molecule has 1 aliphatic carbocycles. The fraction of sp³-hybridized carbons (Fsp3) is 0.409. The lowest BCUT2D eigenvalue weighted by atomic mass is 9.95. The number of nitrogens with zero attached hydrogens (tertiary/aromatic N) is 6. The minimum atomic E-state index is 0.0478. The standard InChI is InChI=1S/C22H25N7O2S/c1-14-11-17(15(2)28(14)21-23-13-24-26-21)18(30)12-32-22-27-25-20(19-9-6-10-31-19)29(22)16-7-4-3-5-8-16/h6,9-11,13,16H,3-5,7-8,12H2,1-2H3,(H,23,24,26). The lowest BCUT2D eigenvalue weighted by Gasteiger charge is -2.25. The van der Waals surface area contributed by atoms with Gasteiger partial charge in [0.1, 0.15) is 6.33 Å².